The lowest BCUT2D eigenvalue weighted by atomic mass is 10.3. The van der Waals surface area contributed by atoms with E-state index in [9.17, 15) is 8.42 Å². The zero-order valence-corrected chi connectivity index (χ0v) is 13.9. The van der Waals surface area contributed by atoms with Crippen LogP contribution in [0.1, 0.15) is 15.6 Å². The largest absolute Gasteiger partial charge is 0.486 e. The van der Waals surface area contributed by atoms with Crippen molar-refractivity contribution < 1.29 is 17.9 Å². The molecule has 118 valence electrons. The van der Waals surface area contributed by atoms with Crippen LogP contribution >= 0.6 is 11.3 Å². The van der Waals surface area contributed by atoms with E-state index in [1.165, 1.54) is 23.5 Å². The Morgan fingerprint density at radius 1 is 1.23 bits per heavy atom. The van der Waals surface area contributed by atoms with E-state index in [-0.39, 0.29) is 11.4 Å². The smallest absolute Gasteiger partial charge is 0.241 e. The number of nitrogens with zero attached hydrogens (tertiary/aromatic N) is 1. The predicted molar refractivity (Wildman–Crippen MR) is 83.0 cm³/mol. The summed E-state index contributed by atoms with van der Waals surface area (Å²) in [5, 5.41) is 0.746. The summed E-state index contributed by atoms with van der Waals surface area (Å²) in [6, 6.07) is 4.60. The van der Waals surface area contributed by atoms with Crippen molar-refractivity contribution in [3.05, 3.63) is 33.8 Å². The Labute approximate surface area is 133 Å². The Kier molecular flexibility index (Phi) is 4.07. The van der Waals surface area contributed by atoms with Gasteiger partial charge in [-0.2, -0.15) is 0 Å². The number of hydrogen-bond donors (Lipinski definition) is 1. The maximum absolute atomic E-state index is 12.4. The quantitative estimate of drug-likeness (QED) is 0.921. The lowest BCUT2D eigenvalue weighted by Gasteiger charge is -2.18. The van der Waals surface area contributed by atoms with Crippen LogP contribution in [0.2, 0.25) is 0 Å². The van der Waals surface area contributed by atoms with Crippen LogP contribution in [0.5, 0.6) is 11.5 Å². The predicted octanol–water partition coefficient (Wildman–Crippen LogP) is 2.01. The number of aromatic nitrogens is 1. The molecule has 0 aliphatic carbocycles. The van der Waals surface area contributed by atoms with Gasteiger partial charge in [-0.25, -0.2) is 18.1 Å². The van der Waals surface area contributed by atoms with E-state index in [0.29, 0.717) is 24.7 Å². The van der Waals surface area contributed by atoms with E-state index in [2.05, 4.69) is 9.71 Å². The normalized spacial score (nSPS) is 14.1. The number of nitrogens with one attached hydrogen (secondary N) is 1. The van der Waals surface area contributed by atoms with Crippen LogP contribution in [0.15, 0.2) is 23.1 Å². The molecule has 0 amide bonds. The van der Waals surface area contributed by atoms with Gasteiger partial charge in [-0.3, -0.25) is 0 Å². The Balaban J connectivity index is 1.77. The number of benzene rings is 1. The van der Waals surface area contributed by atoms with Crippen LogP contribution in [0.3, 0.4) is 0 Å². The Morgan fingerprint density at radius 2 is 1.95 bits per heavy atom. The van der Waals surface area contributed by atoms with E-state index in [1.54, 1.807) is 6.07 Å². The van der Waals surface area contributed by atoms with Gasteiger partial charge < -0.3 is 9.47 Å². The van der Waals surface area contributed by atoms with E-state index in [0.717, 1.165) is 15.6 Å². The van der Waals surface area contributed by atoms with Crippen molar-refractivity contribution in [2.45, 2.75) is 25.3 Å². The van der Waals surface area contributed by atoms with Gasteiger partial charge in [0.05, 0.1) is 17.1 Å². The number of ether oxygens (including phenoxy) is 2. The van der Waals surface area contributed by atoms with Crippen LogP contribution < -0.4 is 14.2 Å². The van der Waals surface area contributed by atoms with E-state index < -0.39 is 10.0 Å². The van der Waals surface area contributed by atoms with E-state index >= 15 is 0 Å². The molecule has 3 rings (SSSR count). The average Bonchev–Trinajstić information content (AvgIpc) is 2.83. The second-order valence-corrected chi connectivity index (χ2v) is 7.93. The van der Waals surface area contributed by atoms with Gasteiger partial charge in [0.1, 0.15) is 18.2 Å². The molecule has 1 aromatic carbocycles. The molecule has 1 aromatic heterocycles. The van der Waals surface area contributed by atoms with Crippen molar-refractivity contribution in [3.63, 3.8) is 0 Å². The van der Waals surface area contributed by atoms with Gasteiger partial charge in [0.25, 0.3) is 0 Å². The van der Waals surface area contributed by atoms with Gasteiger partial charge in [0.2, 0.25) is 10.0 Å². The van der Waals surface area contributed by atoms with Crippen LogP contribution in [0.25, 0.3) is 0 Å². The zero-order chi connectivity index (χ0) is 15.7. The molecule has 1 N–H and O–H groups in total. The first-order chi connectivity index (χ1) is 10.5. The molecule has 2 heterocycles. The number of thiazole rings is 1. The molecule has 0 fully saturated rings. The standard InChI is InChI=1S/C14H16N2O4S2/c1-9-10(2)21-14(16-9)8-15-22(17,18)11-3-4-12-13(7-11)20-6-5-19-12/h3-4,7,15H,5-6,8H2,1-2H3. The van der Waals surface area contributed by atoms with Crippen molar-refractivity contribution in [2.24, 2.45) is 0 Å². The fourth-order valence-corrected chi connectivity index (χ4v) is 4.01. The summed E-state index contributed by atoms with van der Waals surface area (Å²) in [6.45, 7) is 4.94. The van der Waals surface area contributed by atoms with Crippen molar-refractivity contribution in [3.8, 4) is 11.5 Å². The van der Waals surface area contributed by atoms with Gasteiger partial charge in [0, 0.05) is 10.9 Å². The SMILES string of the molecule is Cc1nc(CNS(=O)(=O)c2ccc3c(c2)OCCO3)sc1C. The Hall–Kier alpha value is -1.64. The number of fused-ring (bicyclic) bond motifs is 1. The molecule has 6 nitrogen and oxygen atoms in total. The van der Waals surface area contributed by atoms with Gasteiger partial charge in [-0.1, -0.05) is 0 Å². The van der Waals surface area contributed by atoms with E-state index in [4.69, 9.17) is 9.47 Å². The molecule has 0 spiro atoms. The van der Waals surface area contributed by atoms with Gasteiger partial charge in [-0.05, 0) is 26.0 Å². The second kappa shape index (κ2) is 5.86. The summed E-state index contributed by atoms with van der Waals surface area (Å²) in [6.07, 6.45) is 0. The van der Waals surface area contributed by atoms with Crippen molar-refractivity contribution >= 4 is 21.4 Å². The van der Waals surface area contributed by atoms with Crippen LogP contribution in [0.4, 0.5) is 0 Å². The highest BCUT2D eigenvalue weighted by molar-refractivity contribution is 7.89. The second-order valence-electron chi connectivity index (χ2n) is 4.88. The topological polar surface area (TPSA) is 77.5 Å². The molecule has 8 heteroatoms. The molecule has 0 unspecified atom stereocenters. The average molecular weight is 340 g/mol. The lowest BCUT2D eigenvalue weighted by molar-refractivity contribution is 0.171. The minimum Gasteiger partial charge on any atom is -0.486 e. The molecule has 0 saturated carbocycles. The summed E-state index contributed by atoms with van der Waals surface area (Å²) in [7, 11) is -3.61. The molecule has 0 radical (unpaired) electrons. The maximum atomic E-state index is 12.4. The molecule has 0 atom stereocenters. The van der Waals surface area contributed by atoms with E-state index in [1.807, 2.05) is 13.8 Å². The fraction of sp³-hybridized carbons (Fsp3) is 0.357. The van der Waals surface area contributed by atoms with Gasteiger partial charge in [-0.15, -0.1) is 11.3 Å². The minimum atomic E-state index is -3.61. The number of sulfonamides is 1. The first kappa shape index (κ1) is 15.3. The minimum absolute atomic E-state index is 0.154. The van der Waals surface area contributed by atoms with Gasteiger partial charge >= 0.3 is 0 Å². The van der Waals surface area contributed by atoms with Crippen molar-refractivity contribution in [1.29, 1.82) is 0 Å². The molecular formula is C14H16N2O4S2. The molecule has 0 saturated heterocycles. The zero-order valence-electron chi connectivity index (χ0n) is 12.3. The highest BCUT2D eigenvalue weighted by Gasteiger charge is 2.19. The third-order valence-corrected chi connectivity index (χ3v) is 5.78. The third-order valence-electron chi connectivity index (χ3n) is 3.31. The summed E-state index contributed by atoms with van der Waals surface area (Å²) in [5.41, 5.74) is 0.929. The highest BCUT2D eigenvalue weighted by atomic mass is 32.2. The fourth-order valence-electron chi connectivity index (χ4n) is 2.05. The number of rotatable bonds is 4. The number of hydrogen-bond acceptors (Lipinski definition) is 6. The van der Waals surface area contributed by atoms with Crippen molar-refractivity contribution in [1.82, 2.24) is 9.71 Å². The first-order valence-corrected chi connectivity index (χ1v) is 9.08. The first-order valence-electron chi connectivity index (χ1n) is 6.78. The monoisotopic (exact) mass is 340 g/mol. The lowest BCUT2D eigenvalue weighted by Crippen LogP contribution is -2.23. The molecular weight excluding hydrogens is 324 g/mol. The van der Waals surface area contributed by atoms with Gasteiger partial charge in [0.15, 0.2) is 11.5 Å². The Bertz CT molecular complexity index is 780. The maximum Gasteiger partial charge on any atom is 0.241 e. The van der Waals surface area contributed by atoms with Crippen LogP contribution in [0, 0.1) is 13.8 Å². The summed E-state index contributed by atoms with van der Waals surface area (Å²) < 4.78 is 38.1. The van der Waals surface area contributed by atoms with Crippen LogP contribution in [-0.2, 0) is 16.6 Å². The molecule has 2 aromatic rings. The van der Waals surface area contributed by atoms with Crippen molar-refractivity contribution in [2.75, 3.05) is 13.2 Å². The molecule has 22 heavy (non-hydrogen) atoms. The highest BCUT2D eigenvalue weighted by Crippen LogP contribution is 2.32. The Morgan fingerprint density at radius 3 is 2.64 bits per heavy atom. The summed E-state index contributed by atoms with van der Waals surface area (Å²) in [5.74, 6) is 1.02. The summed E-state index contributed by atoms with van der Waals surface area (Å²) >= 11 is 1.49. The molecule has 1 aliphatic rings. The van der Waals surface area contributed by atoms with Crippen LogP contribution in [-0.4, -0.2) is 26.6 Å². The third kappa shape index (κ3) is 3.08. The molecule has 0 bridgehead atoms. The summed E-state index contributed by atoms with van der Waals surface area (Å²) in [4.78, 5) is 5.57. The number of aryl methyl sites for hydroxylation is 2. The molecule has 1 aliphatic heterocycles.